The second-order valence-electron chi connectivity index (χ2n) is 6.40. The van der Waals surface area contributed by atoms with Crippen LogP contribution in [0.2, 0.25) is 10.0 Å². The Kier molecular flexibility index (Phi) is 7.44. The van der Waals surface area contributed by atoms with Gasteiger partial charge in [0.1, 0.15) is 6.54 Å². The molecular weight excluding hydrogens is 479 g/mol. The summed E-state index contributed by atoms with van der Waals surface area (Å²) in [5.74, 6) is -1.98. The first-order valence-electron chi connectivity index (χ1n) is 9.17. The van der Waals surface area contributed by atoms with Crippen molar-refractivity contribution in [1.82, 2.24) is 4.90 Å². The third kappa shape index (κ3) is 5.42. The minimum atomic E-state index is -0.805. The van der Waals surface area contributed by atoms with Gasteiger partial charge in [0, 0.05) is 5.02 Å². The smallest absolute Gasteiger partial charge is 0.343 e. The maximum absolute atomic E-state index is 12.5. The molecule has 0 atom stereocenters. The number of ether oxygens (including phenoxy) is 2. The second-order valence-corrected chi connectivity index (χ2v) is 8.23. The van der Waals surface area contributed by atoms with Crippen LogP contribution in [0, 0.1) is 0 Å². The number of halogens is 2. The van der Waals surface area contributed by atoms with Gasteiger partial charge in [-0.25, -0.2) is 4.79 Å². The van der Waals surface area contributed by atoms with Crippen molar-refractivity contribution in [2.24, 2.45) is 5.73 Å². The normalized spacial score (nSPS) is 14.7. The molecule has 1 saturated heterocycles. The van der Waals surface area contributed by atoms with Gasteiger partial charge in [-0.1, -0.05) is 29.3 Å². The van der Waals surface area contributed by atoms with Crippen molar-refractivity contribution in [3.8, 4) is 11.5 Å². The summed E-state index contributed by atoms with van der Waals surface area (Å²) in [7, 11) is 0. The lowest BCUT2D eigenvalue weighted by atomic mass is 10.1. The Morgan fingerprint density at radius 3 is 2.59 bits per heavy atom. The molecule has 1 fully saturated rings. The number of thioether (sulfide) groups is 1. The average molecular weight is 495 g/mol. The number of rotatable bonds is 7. The molecule has 1 aliphatic rings. The fraction of sp³-hybridized carbons (Fsp3) is 0.143. The van der Waals surface area contributed by atoms with Gasteiger partial charge in [0.2, 0.25) is 5.91 Å². The number of nitrogens with two attached hydrogens (primary N) is 1. The van der Waals surface area contributed by atoms with Crippen LogP contribution in [0.1, 0.15) is 22.8 Å². The van der Waals surface area contributed by atoms with Gasteiger partial charge in [-0.05, 0) is 60.7 Å². The van der Waals surface area contributed by atoms with Crippen molar-refractivity contribution in [2.75, 3.05) is 13.2 Å². The molecule has 3 rings (SSSR count). The van der Waals surface area contributed by atoms with Crippen molar-refractivity contribution < 1.29 is 28.7 Å². The lowest BCUT2D eigenvalue weighted by Crippen LogP contribution is -2.36. The summed E-state index contributed by atoms with van der Waals surface area (Å²) in [4.78, 5) is 48.8. The van der Waals surface area contributed by atoms with Crippen molar-refractivity contribution in [1.29, 1.82) is 0 Å². The van der Waals surface area contributed by atoms with Crippen LogP contribution in [0.5, 0.6) is 11.5 Å². The Morgan fingerprint density at radius 2 is 1.94 bits per heavy atom. The number of amides is 3. The highest BCUT2D eigenvalue weighted by Gasteiger charge is 2.36. The van der Waals surface area contributed by atoms with Gasteiger partial charge in [-0.3, -0.25) is 19.3 Å². The van der Waals surface area contributed by atoms with Crippen LogP contribution in [-0.4, -0.2) is 41.1 Å². The molecule has 0 spiro atoms. The van der Waals surface area contributed by atoms with Crippen molar-refractivity contribution in [3.63, 3.8) is 0 Å². The zero-order valence-electron chi connectivity index (χ0n) is 16.6. The lowest BCUT2D eigenvalue weighted by molar-refractivity contribution is -0.127. The zero-order valence-corrected chi connectivity index (χ0v) is 18.9. The summed E-state index contributed by atoms with van der Waals surface area (Å²) in [6.07, 6.45) is 1.42. The van der Waals surface area contributed by atoms with Crippen LogP contribution in [0.15, 0.2) is 41.3 Å². The molecule has 2 aromatic carbocycles. The maximum atomic E-state index is 12.5. The van der Waals surface area contributed by atoms with Crippen LogP contribution in [-0.2, 0) is 9.59 Å². The SMILES string of the molecule is CCOc1cc(/C=C2\SC(=O)N(CC(N)=O)C2=O)cc(Cl)c1OC(=O)c1cccc(Cl)c1. The topological polar surface area (TPSA) is 116 Å². The molecule has 8 nitrogen and oxygen atoms in total. The van der Waals surface area contributed by atoms with Crippen LogP contribution in [0.25, 0.3) is 6.08 Å². The van der Waals surface area contributed by atoms with Gasteiger partial charge in [0.05, 0.1) is 22.1 Å². The predicted octanol–water partition coefficient (Wildman–Crippen LogP) is 4.13. The summed E-state index contributed by atoms with van der Waals surface area (Å²) in [6.45, 7) is 1.47. The number of hydrogen-bond acceptors (Lipinski definition) is 7. The second kappa shape index (κ2) is 10.1. The summed E-state index contributed by atoms with van der Waals surface area (Å²) in [5, 5.41) is -0.187. The summed E-state index contributed by atoms with van der Waals surface area (Å²) in [6, 6.07) is 9.19. The first-order valence-corrected chi connectivity index (χ1v) is 10.7. The fourth-order valence-electron chi connectivity index (χ4n) is 2.74. The van der Waals surface area contributed by atoms with Gasteiger partial charge >= 0.3 is 5.97 Å². The van der Waals surface area contributed by atoms with E-state index >= 15 is 0 Å². The number of primary amides is 1. The lowest BCUT2D eigenvalue weighted by Gasteiger charge is -2.13. The minimum absolute atomic E-state index is 0.00234. The molecule has 11 heteroatoms. The van der Waals surface area contributed by atoms with E-state index in [1.807, 2.05) is 0 Å². The first kappa shape index (κ1) is 23.6. The largest absolute Gasteiger partial charge is 0.490 e. The Bertz CT molecular complexity index is 1150. The van der Waals surface area contributed by atoms with E-state index in [9.17, 15) is 19.2 Å². The third-order valence-corrected chi connectivity index (χ3v) is 5.50. The van der Waals surface area contributed by atoms with Gasteiger partial charge in [0.15, 0.2) is 11.5 Å². The number of carbonyl (C=O) groups is 4. The van der Waals surface area contributed by atoms with Gasteiger partial charge in [-0.2, -0.15) is 0 Å². The maximum Gasteiger partial charge on any atom is 0.343 e. The Labute approximate surface area is 197 Å². The predicted molar refractivity (Wildman–Crippen MR) is 121 cm³/mol. The van der Waals surface area contributed by atoms with Crippen LogP contribution < -0.4 is 15.2 Å². The van der Waals surface area contributed by atoms with Crippen molar-refractivity contribution in [3.05, 3.63) is 62.5 Å². The molecule has 3 amide bonds. The van der Waals surface area contributed by atoms with E-state index in [4.69, 9.17) is 38.4 Å². The number of nitrogens with zero attached hydrogens (tertiary/aromatic N) is 1. The van der Waals surface area contributed by atoms with E-state index < -0.39 is 29.6 Å². The molecule has 0 aromatic heterocycles. The van der Waals surface area contributed by atoms with Crippen LogP contribution >= 0.6 is 35.0 Å². The van der Waals surface area contributed by atoms with Crippen molar-refractivity contribution in [2.45, 2.75) is 6.92 Å². The van der Waals surface area contributed by atoms with Gasteiger partial charge in [0.25, 0.3) is 11.1 Å². The summed E-state index contributed by atoms with van der Waals surface area (Å²) >= 11 is 12.9. The molecule has 0 unspecified atom stereocenters. The van der Waals surface area contributed by atoms with Crippen LogP contribution in [0.3, 0.4) is 0 Å². The highest BCUT2D eigenvalue weighted by molar-refractivity contribution is 8.18. The number of carbonyl (C=O) groups excluding carboxylic acids is 4. The number of benzene rings is 2. The average Bonchev–Trinajstić information content (AvgIpc) is 2.97. The Morgan fingerprint density at radius 1 is 1.19 bits per heavy atom. The molecule has 166 valence electrons. The molecule has 0 saturated carbocycles. The van der Waals surface area contributed by atoms with E-state index in [0.29, 0.717) is 22.3 Å². The fourth-order valence-corrected chi connectivity index (χ4v) is 4.03. The van der Waals surface area contributed by atoms with E-state index in [1.54, 1.807) is 25.1 Å². The summed E-state index contributed by atoms with van der Waals surface area (Å²) in [5.41, 5.74) is 5.72. The molecule has 2 N–H and O–H groups in total. The molecule has 1 heterocycles. The van der Waals surface area contributed by atoms with Gasteiger partial charge < -0.3 is 15.2 Å². The highest BCUT2D eigenvalue weighted by atomic mass is 35.5. The minimum Gasteiger partial charge on any atom is -0.490 e. The highest BCUT2D eigenvalue weighted by Crippen LogP contribution is 2.39. The molecule has 1 aliphatic heterocycles. The summed E-state index contributed by atoms with van der Waals surface area (Å²) < 4.78 is 11.0. The number of imide groups is 1. The standard InChI is InChI=1S/C21H16Cl2N2O6S/c1-2-30-15-7-11(8-16-19(27)25(10-17(24)26)21(29)32-16)6-14(23)18(15)31-20(28)12-4-3-5-13(22)9-12/h3-9H,2,10H2,1H3,(H2,24,26)/b16-8-. The molecule has 0 aliphatic carbocycles. The van der Waals surface area contributed by atoms with E-state index in [1.165, 1.54) is 24.3 Å². The van der Waals surface area contributed by atoms with E-state index in [0.717, 1.165) is 4.90 Å². The van der Waals surface area contributed by atoms with E-state index in [-0.39, 0.29) is 33.6 Å². The Hall–Kier alpha value is -3.01. The third-order valence-electron chi connectivity index (χ3n) is 4.07. The number of hydrogen-bond donors (Lipinski definition) is 1. The van der Waals surface area contributed by atoms with E-state index in [2.05, 4.69) is 0 Å². The van der Waals surface area contributed by atoms with Crippen molar-refractivity contribution >= 4 is 64.1 Å². The quantitative estimate of drug-likeness (QED) is 0.349. The Balaban J connectivity index is 1.91. The van der Waals surface area contributed by atoms with Gasteiger partial charge in [-0.15, -0.1) is 0 Å². The molecule has 0 bridgehead atoms. The van der Waals surface area contributed by atoms with Crippen LogP contribution in [0.4, 0.5) is 4.79 Å². The molecule has 0 radical (unpaired) electrons. The monoisotopic (exact) mass is 494 g/mol. The first-order chi connectivity index (χ1) is 15.2. The molecule has 32 heavy (non-hydrogen) atoms. The zero-order chi connectivity index (χ0) is 23.4. The molecular formula is C21H16Cl2N2O6S. The molecule has 2 aromatic rings. The number of esters is 1.